The maximum Gasteiger partial charge on any atom is 0.123 e. The molecule has 0 bridgehead atoms. The average molecular weight is 286 g/mol. The molecule has 2 aromatic rings. The van der Waals surface area contributed by atoms with Crippen molar-refractivity contribution in [2.45, 2.75) is 24.8 Å². The predicted molar refractivity (Wildman–Crippen MR) is 80.5 cm³/mol. The Kier molecular flexibility index (Phi) is 3.90. The monoisotopic (exact) mass is 286 g/mol. The number of aryl methyl sites for hydroxylation is 1. The number of halogens is 1. The van der Waals surface area contributed by atoms with Gasteiger partial charge in [0, 0.05) is 11.5 Å². The zero-order valence-electron chi connectivity index (χ0n) is 12.0. The summed E-state index contributed by atoms with van der Waals surface area (Å²) in [5.41, 5.74) is 6.25. The molecule has 0 saturated carbocycles. The van der Waals surface area contributed by atoms with Crippen LogP contribution in [0.25, 0.3) is 0 Å². The summed E-state index contributed by atoms with van der Waals surface area (Å²) in [6.07, 6.45) is 2.02. The molecule has 3 N–H and O–H groups in total. The largest absolute Gasteiger partial charge is 0.496 e. The van der Waals surface area contributed by atoms with Gasteiger partial charge in [-0.05, 0) is 42.2 Å². The second-order valence-corrected chi connectivity index (χ2v) is 5.37. The van der Waals surface area contributed by atoms with E-state index in [0.29, 0.717) is 5.75 Å². The van der Waals surface area contributed by atoms with E-state index in [1.54, 1.807) is 13.2 Å². The van der Waals surface area contributed by atoms with Crippen LogP contribution in [-0.2, 0) is 6.42 Å². The van der Waals surface area contributed by atoms with Crippen LogP contribution < -0.4 is 16.0 Å². The number of hydrogen-bond donors (Lipinski definition) is 2. The lowest BCUT2D eigenvalue weighted by Gasteiger charge is -2.25. The zero-order chi connectivity index (χ0) is 14.8. The van der Waals surface area contributed by atoms with Crippen molar-refractivity contribution in [3.8, 4) is 5.75 Å². The van der Waals surface area contributed by atoms with E-state index in [2.05, 4.69) is 23.6 Å². The Hall–Kier alpha value is -1.91. The molecule has 3 rings (SSSR count). The predicted octanol–water partition coefficient (Wildman–Crippen LogP) is 3.07. The molecule has 2 unspecified atom stereocenters. The van der Waals surface area contributed by atoms with Crippen LogP contribution in [0.4, 0.5) is 4.39 Å². The molecule has 3 nitrogen and oxygen atoms in total. The lowest BCUT2D eigenvalue weighted by molar-refractivity contribution is 0.383. The molecule has 0 aliphatic heterocycles. The van der Waals surface area contributed by atoms with Gasteiger partial charge in [0.05, 0.1) is 13.2 Å². The first-order valence-electron chi connectivity index (χ1n) is 7.12. The van der Waals surface area contributed by atoms with Gasteiger partial charge in [-0.1, -0.05) is 24.3 Å². The summed E-state index contributed by atoms with van der Waals surface area (Å²) in [5.74, 6) is 6.39. The third-order valence-corrected chi connectivity index (χ3v) is 4.29. The van der Waals surface area contributed by atoms with E-state index in [1.165, 1.54) is 23.3 Å². The Morgan fingerprint density at radius 1 is 1.29 bits per heavy atom. The first-order valence-corrected chi connectivity index (χ1v) is 7.12. The minimum Gasteiger partial charge on any atom is -0.496 e. The molecule has 110 valence electrons. The molecule has 21 heavy (non-hydrogen) atoms. The van der Waals surface area contributed by atoms with Crippen molar-refractivity contribution in [2.75, 3.05) is 7.11 Å². The van der Waals surface area contributed by atoms with Gasteiger partial charge in [-0.25, -0.2) is 4.39 Å². The van der Waals surface area contributed by atoms with E-state index in [0.717, 1.165) is 18.4 Å². The molecule has 0 heterocycles. The summed E-state index contributed by atoms with van der Waals surface area (Å²) in [4.78, 5) is 0. The van der Waals surface area contributed by atoms with E-state index in [1.807, 2.05) is 6.07 Å². The third kappa shape index (κ3) is 2.52. The number of benzene rings is 2. The molecule has 1 aliphatic carbocycles. The normalized spacial score (nSPS) is 18.3. The molecule has 0 saturated heterocycles. The fourth-order valence-electron chi connectivity index (χ4n) is 3.31. The lowest BCUT2D eigenvalue weighted by atomic mass is 9.88. The van der Waals surface area contributed by atoms with E-state index in [4.69, 9.17) is 10.6 Å². The van der Waals surface area contributed by atoms with Crippen molar-refractivity contribution in [1.82, 2.24) is 5.43 Å². The van der Waals surface area contributed by atoms with Crippen LogP contribution in [0.2, 0.25) is 0 Å². The fraction of sp³-hybridized carbons (Fsp3) is 0.294. The van der Waals surface area contributed by atoms with Crippen LogP contribution in [0, 0.1) is 5.82 Å². The number of nitrogens with two attached hydrogens (primary N) is 1. The van der Waals surface area contributed by atoms with Crippen LogP contribution in [0.5, 0.6) is 5.75 Å². The van der Waals surface area contributed by atoms with E-state index in [9.17, 15) is 4.39 Å². The number of methoxy groups -OCH3 is 1. The molecule has 0 fully saturated rings. The molecular weight excluding hydrogens is 267 g/mol. The molecule has 0 spiro atoms. The van der Waals surface area contributed by atoms with Crippen LogP contribution >= 0.6 is 0 Å². The van der Waals surface area contributed by atoms with Gasteiger partial charge in [0.15, 0.2) is 0 Å². The summed E-state index contributed by atoms with van der Waals surface area (Å²) in [5, 5.41) is 0. The standard InChI is InChI=1S/C17H19FN2O/c1-21-16-9-7-12(18)10-15(16)17(20-19)14-8-6-11-4-2-3-5-13(11)14/h2-5,7,9-10,14,17,20H,6,8,19H2,1H3. The Balaban J connectivity index is 2.02. The highest BCUT2D eigenvalue weighted by atomic mass is 19.1. The quantitative estimate of drug-likeness (QED) is 0.671. The Bertz CT molecular complexity index is 644. The maximum absolute atomic E-state index is 13.6. The number of fused-ring (bicyclic) bond motifs is 1. The minimum atomic E-state index is -0.280. The Labute approximate surface area is 123 Å². The summed E-state index contributed by atoms with van der Waals surface area (Å²) in [7, 11) is 1.59. The first-order chi connectivity index (χ1) is 10.2. The van der Waals surface area contributed by atoms with Gasteiger partial charge in [0.1, 0.15) is 11.6 Å². The van der Waals surface area contributed by atoms with Gasteiger partial charge in [-0.2, -0.15) is 0 Å². The summed E-state index contributed by atoms with van der Waals surface area (Å²) in [6, 6.07) is 12.7. The van der Waals surface area contributed by atoms with Crippen molar-refractivity contribution < 1.29 is 9.13 Å². The molecule has 0 aromatic heterocycles. The van der Waals surface area contributed by atoms with E-state index in [-0.39, 0.29) is 17.8 Å². The lowest BCUT2D eigenvalue weighted by Crippen LogP contribution is -2.32. The number of ether oxygens (including phenoxy) is 1. The van der Waals surface area contributed by atoms with E-state index < -0.39 is 0 Å². The van der Waals surface area contributed by atoms with Crippen LogP contribution in [0.1, 0.15) is 35.1 Å². The average Bonchev–Trinajstić information content (AvgIpc) is 2.93. The third-order valence-electron chi connectivity index (χ3n) is 4.29. The first kappa shape index (κ1) is 14.0. The summed E-state index contributed by atoms with van der Waals surface area (Å²) >= 11 is 0. The van der Waals surface area contributed by atoms with Crippen LogP contribution in [-0.4, -0.2) is 7.11 Å². The fourth-order valence-corrected chi connectivity index (χ4v) is 3.31. The topological polar surface area (TPSA) is 47.3 Å². The van der Waals surface area contributed by atoms with Gasteiger partial charge >= 0.3 is 0 Å². The molecule has 2 atom stereocenters. The Morgan fingerprint density at radius 2 is 2.10 bits per heavy atom. The van der Waals surface area contributed by atoms with Gasteiger partial charge in [-0.15, -0.1) is 0 Å². The van der Waals surface area contributed by atoms with Crippen molar-refractivity contribution in [2.24, 2.45) is 5.84 Å². The molecule has 1 aliphatic rings. The molecule has 4 heteroatoms. The SMILES string of the molecule is COc1ccc(F)cc1C(NN)C1CCc2ccccc21. The maximum atomic E-state index is 13.6. The van der Waals surface area contributed by atoms with Gasteiger partial charge < -0.3 is 4.74 Å². The van der Waals surface area contributed by atoms with Crippen LogP contribution in [0.15, 0.2) is 42.5 Å². The second kappa shape index (κ2) is 5.84. The smallest absolute Gasteiger partial charge is 0.123 e. The number of hydrazine groups is 1. The molecule has 0 radical (unpaired) electrons. The van der Waals surface area contributed by atoms with E-state index >= 15 is 0 Å². The Morgan fingerprint density at radius 3 is 2.86 bits per heavy atom. The summed E-state index contributed by atoms with van der Waals surface area (Å²) < 4.78 is 19.0. The van der Waals surface area contributed by atoms with Crippen LogP contribution in [0.3, 0.4) is 0 Å². The highest BCUT2D eigenvalue weighted by Gasteiger charge is 2.31. The molecule has 0 amide bonds. The number of nitrogens with one attached hydrogen (secondary N) is 1. The molecule has 2 aromatic carbocycles. The molecular formula is C17H19FN2O. The van der Waals surface area contributed by atoms with Crippen molar-refractivity contribution in [3.05, 3.63) is 65.0 Å². The van der Waals surface area contributed by atoms with Gasteiger partial charge in [0.25, 0.3) is 0 Å². The van der Waals surface area contributed by atoms with Gasteiger partial charge in [-0.3, -0.25) is 11.3 Å². The number of hydrogen-bond acceptors (Lipinski definition) is 3. The van der Waals surface area contributed by atoms with Crippen molar-refractivity contribution in [3.63, 3.8) is 0 Å². The number of rotatable bonds is 4. The zero-order valence-corrected chi connectivity index (χ0v) is 12.0. The van der Waals surface area contributed by atoms with Crippen molar-refractivity contribution >= 4 is 0 Å². The summed E-state index contributed by atoms with van der Waals surface area (Å²) in [6.45, 7) is 0. The highest BCUT2D eigenvalue weighted by molar-refractivity contribution is 5.42. The van der Waals surface area contributed by atoms with Gasteiger partial charge in [0.2, 0.25) is 0 Å². The minimum absolute atomic E-state index is 0.167. The second-order valence-electron chi connectivity index (χ2n) is 5.37. The van der Waals surface area contributed by atoms with Crippen molar-refractivity contribution in [1.29, 1.82) is 0 Å². The highest BCUT2D eigenvalue weighted by Crippen LogP contribution is 2.43.